The first kappa shape index (κ1) is 30.4. The Labute approximate surface area is 207 Å². The van der Waals surface area contributed by atoms with Crippen LogP contribution in [0.2, 0.25) is 0 Å². The lowest BCUT2D eigenvalue weighted by atomic mass is 10.0. The van der Waals surface area contributed by atoms with Gasteiger partial charge in [0.15, 0.2) is 11.6 Å². The highest BCUT2D eigenvalue weighted by Gasteiger charge is 2.47. The molecule has 3 atom stereocenters. The number of hydrogen-bond acceptors (Lipinski definition) is 8. The van der Waals surface area contributed by atoms with E-state index in [0.29, 0.717) is 19.1 Å². The number of carbonyl (C=O) groups is 2. The van der Waals surface area contributed by atoms with Crippen molar-refractivity contribution in [1.82, 2.24) is 15.0 Å². The van der Waals surface area contributed by atoms with Gasteiger partial charge >= 0.3 is 24.3 Å². The van der Waals surface area contributed by atoms with Crippen molar-refractivity contribution in [2.24, 2.45) is 0 Å². The highest BCUT2D eigenvalue weighted by atomic mass is 19.4. The molecular formula is C20H18F8N4O6. The molecule has 2 aromatic heterocycles. The Morgan fingerprint density at radius 3 is 2.05 bits per heavy atom. The smallest absolute Gasteiger partial charge is 0.475 e. The summed E-state index contributed by atoms with van der Waals surface area (Å²) < 4.78 is 102. The van der Waals surface area contributed by atoms with Gasteiger partial charge in [-0.25, -0.2) is 33.3 Å². The number of pyridine rings is 1. The second-order valence-corrected chi connectivity index (χ2v) is 7.45. The molecule has 2 aromatic rings. The molecular weight excluding hydrogens is 544 g/mol. The maximum atomic E-state index is 13.8. The number of fused-ring (bicyclic) bond motifs is 1. The summed E-state index contributed by atoms with van der Waals surface area (Å²) >= 11 is 0. The van der Waals surface area contributed by atoms with Gasteiger partial charge in [-0.15, -0.1) is 0 Å². The fourth-order valence-electron chi connectivity index (χ4n) is 3.30. The molecule has 0 bridgehead atoms. The fraction of sp³-hybridized carbons (Fsp3) is 0.450. The SMILES string of the molecule is Fc1cnc(N2C[C@@H](Oc3ncccc3F)[C@H]3OCCC[C@H]32)nc1.O=C(O)C(F)(F)F.O=C(O)C(F)(F)F. The third-order valence-corrected chi connectivity index (χ3v) is 4.81. The third-order valence-electron chi connectivity index (χ3n) is 4.81. The van der Waals surface area contributed by atoms with Crippen LogP contribution in [-0.2, 0) is 14.3 Å². The van der Waals surface area contributed by atoms with Crippen molar-refractivity contribution in [3.05, 3.63) is 42.4 Å². The number of alkyl halides is 6. The Morgan fingerprint density at radius 2 is 1.55 bits per heavy atom. The van der Waals surface area contributed by atoms with Gasteiger partial charge in [0.05, 0.1) is 25.0 Å². The van der Waals surface area contributed by atoms with E-state index in [-0.39, 0.29) is 18.0 Å². The number of halogens is 8. The molecule has 2 fully saturated rings. The fourth-order valence-corrected chi connectivity index (χ4v) is 3.30. The lowest BCUT2D eigenvalue weighted by Gasteiger charge is -2.31. The van der Waals surface area contributed by atoms with Gasteiger partial charge in [-0.2, -0.15) is 26.3 Å². The van der Waals surface area contributed by atoms with Crippen LogP contribution in [0.25, 0.3) is 0 Å². The molecule has 0 spiro atoms. The maximum absolute atomic E-state index is 13.8. The molecule has 0 saturated carbocycles. The number of aromatic nitrogens is 3. The lowest BCUT2D eigenvalue weighted by Crippen LogP contribution is -2.43. The molecule has 18 heteroatoms. The third kappa shape index (κ3) is 8.63. The largest absolute Gasteiger partial charge is 0.490 e. The number of carboxylic acid groups (broad SMARTS) is 2. The molecule has 2 N–H and O–H groups in total. The van der Waals surface area contributed by atoms with Gasteiger partial charge in [0.25, 0.3) is 5.88 Å². The molecule has 0 radical (unpaired) electrons. The normalized spacial score (nSPS) is 20.7. The van der Waals surface area contributed by atoms with E-state index in [1.165, 1.54) is 18.3 Å². The van der Waals surface area contributed by atoms with Crippen molar-refractivity contribution in [3.63, 3.8) is 0 Å². The van der Waals surface area contributed by atoms with Crippen LogP contribution in [0.15, 0.2) is 30.7 Å². The zero-order valence-corrected chi connectivity index (χ0v) is 18.8. The predicted octanol–water partition coefficient (Wildman–Crippen LogP) is 3.23. The topological polar surface area (TPSA) is 135 Å². The molecule has 2 saturated heterocycles. The summed E-state index contributed by atoms with van der Waals surface area (Å²) in [7, 11) is 0. The van der Waals surface area contributed by atoms with Gasteiger partial charge in [-0.1, -0.05) is 0 Å². The van der Waals surface area contributed by atoms with Crippen LogP contribution in [0.1, 0.15) is 12.8 Å². The maximum Gasteiger partial charge on any atom is 0.490 e. The number of ether oxygens (including phenoxy) is 2. The molecule has 2 aliphatic heterocycles. The monoisotopic (exact) mass is 562 g/mol. The zero-order chi connectivity index (χ0) is 28.7. The Hall–Kier alpha value is -3.83. The molecule has 4 heterocycles. The molecule has 38 heavy (non-hydrogen) atoms. The van der Waals surface area contributed by atoms with Crippen molar-refractivity contribution in [1.29, 1.82) is 0 Å². The minimum Gasteiger partial charge on any atom is -0.475 e. The van der Waals surface area contributed by atoms with E-state index in [4.69, 9.17) is 29.3 Å². The number of nitrogens with zero attached hydrogens (tertiary/aromatic N) is 4. The van der Waals surface area contributed by atoms with Crippen LogP contribution in [0.5, 0.6) is 5.88 Å². The molecule has 0 aromatic carbocycles. The second-order valence-electron chi connectivity index (χ2n) is 7.45. The van der Waals surface area contributed by atoms with Gasteiger partial charge in [-0.3, -0.25) is 0 Å². The average Bonchev–Trinajstić information content (AvgIpc) is 3.19. The minimum atomic E-state index is -5.08. The quantitative estimate of drug-likeness (QED) is 0.537. The van der Waals surface area contributed by atoms with Gasteiger partial charge in [-0.05, 0) is 25.0 Å². The number of anilines is 1. The highest BCUT2D eigenvalue weighted by Crippen LogP contribution is 2.33. The first-order chi connectivity index (χ1) is 17.6. The van der Waals surface area contributed by atoms with E-state index in [0.717, 1.165) is 25.2 Å². The Balaban J connectivity index is 0.000000301. The van der Waals surface area contributed by atoms with Gasteiger partial charge in [0.2, 0.25) is 5.95 Å². The predicted molar refractivity (Wildman–Crippen MR) is 108 cm³/mol. The van der Waals surface area contributed by atoms with Crippen molar-refractivity contribution in [2.45, 2.75) is 43.4 Å². The summed E-state index contributed by atoms with van der Waals surface area (Å²) in [5.41, 5.74) is 0. The minimum absolute atomic E-state index is 0.0148. The molecule has 210 valence electrons. The van der Waals surface area contributed by atoms with E-state index in [2.05, 4.69) is 15.0 Å². The number of hydrogen-bond donors (Lipinski definition) is 2. The van der Waals surface area contributed by atoms with Crippen LogP contribution in [0.3, 0.4) is 0 Å². The summed E-state index contributed by atoms with van der Waals surface area (Å²) in [6, 6.07) is 2.83. The van der Waals surface area contributed by atoms with Gasteiger partial charge < -0.3 is 24.6 Å². The van der Waals surface area contributed by atoms with E-state index < -0.39 is 42.0 Å². The Kier molecular flexibility index (Phi) is 10.1. The summed E-state index contributed by atoms with van der Waals surface area (Å²) in [5, 5.41) is 14.2. The summed E-state index contributed by atoms with van der Waals surface area (Å²) in [4.78, 5) is 31.8. The summed E-state index contributed by atoms with van der Waals surface area (Å²) in [6.45, 7) is 1.06. The zero-order valence-electron chi connectivity index (χ0n) is 18.8. The van der Waals surface area contributed by atoms with E-state index in [1.807, 2.05) is 4.90 Å². The molecule has 0 unspecified atom stereocenters. The molecule has 10 nitrogen and oxygen atoms in total. The van der Waals surface area contributed by atoms with Gasteiger partial charge in [0, 0.05) is 12.8 Å². The molecule has 2 aliphatic rings. The van der Waals surface area contributed by atoms with Crippen LogP contribution >= 0.6 is 0 Å². The highest BCUT2D eigenvalue weighted by molar-refractivity contribution is 5.73. The van der Waals surface area contributed by atoms with E-state index in [1.54, 1.807) is 0 Å². The first-order valence-electron chi connectivity index (χ1n) is 10.3. The lowest BCUT2D eigenvalue weighted by molar-refractivity contribution is -0.193. The number of rotatable bonds is 3. The Bertz CT molecular complexity index is 1060. The summed E-state index contributed by atoms with van der Waals surface area (Å²) in [5.74, 6) is -6.14. The van der Waals surface area contributed by atoms with Crippen molar-refractivity contribution >= 4 is 17.9 Å². The first-order valence-corrected chi connectivity index (χ1v) is 10.3. The van der Waals surface area contributed by atoms with Crippen molar-refractivity contribution < 1.29 is 64.4 Å². The van der Waals surface area contributed by atoms with Crippen molar-refractivity contribution in [3.8, 4) is 5.88 Å². The van der Waals surface area contributed by atoms with Gasteiger partial charge in [0.1, 0.15) is 12.2 Å². The van der Waals surface area contributed by atoms with Crippen molar-refractivity contribution in [2.75, 3.05) is 18.1 Å². The van der Waals surface area contributed by atoms with Crippen LogP contribution in [0, 0.1) is 11.6 Å². The van der Waals surface area contributed by atoms with E-state index in [9.17, 15) is 35.1 Å². The number of carboxylic acids is 2. The Morgan fingerprint density at radius 1 is 1.00 bits per heavy atom. The second kappa shape index (κ2) is 12.6. The summed E-state index contributed by atoms with van der Waals surface area (Å²) in [6.07, 6.45) is -5.25. The van der Waals surface area contributed by atoms with Crippen LogP contribution in [0.4, 0.5) is 41.1 Å². The molecule has 0 amide bonds. The van der Waals surface area contributed by atoms with Crippen LogP contribution in [-0.4, -0.2) is 80.9 Å². The average molecular weight is 562 g/mol. The number of aliphatic carboxylic acids is 2. The van der Waals surface area contributed by atoms with E-state index >= 15 is 0 Å². The molecule has 0 aliphatic carbocycles. The standard InChI is InChI=1S/C16H16F2N4O2.2C2HF3O2/c17-10-7-20-16(21-8-10)22-9-13(14-12(22)4-2-6-23-14)24-15-11(18)3-1-5-19-15;2*3-2(4,5)1(6)7/h1,3,5,7-8,12-14H,2,4,6,9H2;2*(H,6,7)/t12-,13-,14+;;/m1../s1. The van der Waals surface area contributed by atoms with Crippen LogP contribution < -0.4 is 9.64 Å². The molecule has 4 rings (SSSR count).